The summed E-state index contributed by atoms with van der Waals surface area (Å²) in [5.41, 5.74) is 6.89. The van der Waals surface area contributed by atoms with E-state index >= 15 is 0 Å². The highest BCUT2D eigenvalue weighted by molar-refractivity contribution is 6.07. The first kappa shape index (κ1) is 42.0. The zero-order valence-corrected chi connectivity index (χ0v) is 36.3. The third-order valence-electron chi connectivity index (χ3n) is 12.8. The van der Waals surface area contributed by atoms with Crippen molar-refractivity contribution in [2.45, 2.75) is 90.7 Å². The van der Waals surface area contributed by atoms with Crippen LogP contribution in [0.5, 0.6) is 5.75 Å². The van der Waals surface area contributed by atoms with Gasteiger partial charge < -0.3 is 44.4 Å². The molecule has 2 unspecified atom stereocenters. The van der Waals surface area contributed by atoms with Gasteiger partial charge in [-0.1, -0.05) is 45.9 Å². The van der Waals surface area contributed by atoms with Gasteiger partial charge in [-0.15, -0.1) is 0 Å². The summed E-state index contributed by atoms with van der Waals surface area (Å²) >= 11 is 0. The van der Waals surface area contributed by atoms with E-state index in [2.05, 4.69) is 75.7 Å². The Morgan fingerprint density at radius 3 is 2.43 bits per heavy atom. The van der Waals surface area contributed by atoms with Crippen molar-refractivity contribution in [2.75, 3.05) is 41.0 Å². The van der Waals surface area contributed by atoms with Crippen molar-refractivity contribution < 1.29 is 33.3 Å². The van der Waals surface area contributed by atoms with Gasteiger partial charge in [0.05, 0.1) is 55.8 Å². The van der Waals surface area contributed by atoms with Crippen molar-refractivity contribution in [3.8, 4) is 28.1 Å². The lowest BCUT2D eigenvalue weighted by Crippen LogP contribution is -2.52. The van der Waals surface area contributed by atoms with Crippen LogP contribution in [0.15, 0.2) is 48.7 Å². The molecule has 2 fully saturated rings. The standard InChI is InChI=1S/C46H58N8O7/c1-24(2)36(50-45(56)59-7)21-53-20-27(22-58-6)15-38(53)42-47-19-35(49-42)29-10-12-31-30(16-29)23-61-39-18-32-28(17-33(31)39)11-13-34-41(32)51-43(48-34)37-14-9-26(5)54(37)44(55)40(25(3)4)52-46(57)60-8/h10-13,16-19,24-27,36-38,40H,9,14-15,20-23H2,1-8H3,(H,47,49)(H,48,51)(H,50,56)(H,52,57)/t26-,27-,36?,37-,38?,40-/m0/s1. The van der Waals surface area contributed by atoms with E-state index in [-0.39, 0.29) is 41.9 Å². The average Bonchev–Trinajstić information content (AvgIpc) is 4.07. The first-order valence-electron chi connectivity index (χ1n) is 21.4. The van der Waals surface area contributed by atoms with Gasteiger partial charge in [0, 0.05) is 43.2 Å². The van der Waals surface area contributed by atoms with Gasteiger partial charge in [-0.25, -0.2) is 19.6 Å². The third kappa shape index (κ3) is 8.25. The van der Waals surface area contributed by atoms with Gasteiger partial charge in [0.1, 0.15) is 30.0 Å². The number of rotatable bonds is 12. The molecule has 5 aromatic rings. The van der Waals surface area contributed by atoms with Crippen LogP contribution in [0.2, 0.25) is 0 Å². The molecule has 3 aliphatic rings. The predicted molar refractivity (Wildman–Crippen MR) is 232 cm³/mol. The van der Waals surface area contributed by atoms with Crippen molar-refractivity contribution in [1.82, 2.24) is 40.4 Å². The number of H-pyrrole nitrogens is 2. The minimum absolute atomic E-state index is 0.0168. The van der Waals surface area contributed by atoms with Gasteiger partial charge in [-0.2, -0.15) is 0 Å². The first-order valence-corrected chi connectivity index (χ1v) is 21.4. The molecule has 4 N–H and O–H groups in total. The Bertz CT molecular complexity index is 2430. The van der Waals surface area contributed by atoms with E-state index in [0.717, 1.165) is 93.0 Å². The van der Waals surface area contributed by atoms with Crippen molar-refractivity contribution in [3.63, 3.8) is 0 Å². The van der Waals surface area contributed by atoms with E-state index in [1.807, 2.05) is 37.9 Å². The number of amides is 3. The van der Waals surface area contributed by atoms with Crippen molar-refractivity contribution >= 4 is 39.9 Å². The molecule has 5 heterocycles. The van der Waals surface area contributed by atoms with Crippen molar-refractivity contribution in [2.24, 2.45) is 17.8 Å². The Hall–Kier alpha value is -5.67. The highest BCUT2D eigenvalue weighted by atomic mass is 16.5. The average molecular weight is 835 g/mol. The maximum atomic E-state index is 14.0. The van der Waals surface area contributed by atoms with E-state index in [9.17, 15) is 14.4 Å². The summed E-state index contributed by atoms with van der Waals surface area (Å²) in [4.78, 5) is 59.7. The second kappa shape index (κ2) is 17.4. The number of alkyl carbamates (subject to hydrolysis) is 2. The number of carbonyl (C=O) groups excluding carboxylic acids is 3. The third-order valence-corrected chi connectivity index (χ3v) is 12.8. The molecule has 2 aromatic heterocycles. The number of benzene rings is 3. The summed E-state index contributed by atoms with van der Waals surface area (Å²) in [6, 6.07) is 13.8. The van der Waals surface area contributed by atoms with Gasteiger partial charge in [-0.3, -0.25) is 9.69 Å². The Balaban J connectivity index is 1.04. The lowest BCUT2D eigenvalue weighted by atomic mass is 9.92. The molecule has 3 aliphatic heterocycles. The summed E-state index contributed by atoms with van der Waals surface area (Å²) in [6.07, 6.45) is 3.33. The number of nitrogens with one attached hydrogen (secondary N) is 4. The Kier molecular flexibility index (Phi) is 12.0. The van der Waals surface area contributed by atoms with Crippen LogP contribution in [0.4, 0.5) is 9.59 Å². The molecule has 324 valence electrons. The number of fused-ring (bicyclic) bond motifs is 6. The summed E-state index contributed by atoms with van der Waals surface area (Å²) in [7, 11) is 4.43. The van der Waals surface area contributed by atoms with E-state index < -0.39 is 18.2 Å². The fraction of sp³-hybridized carbons (Fsp3) is 0.500. The number of hydrogen-bond donors (Lipinski definition) is 4. The van der Waals surface area contributed by atoms with Gasteiger partial charge in [0.25, 0.3) is 0 Å². The Morgan fingerprint density at radius 1 is 0.902 bits per heavy atom. The number of hydrogen-bond acceptors (Lipinski definition) is 10. The van der Waals surface area contributed by atoms with Crippen LogP contribution in [-0.2, 0) is 25.6 Å². The largest absolute Gasteiger partial charge is 0.488 e. The fourth-order valence-electron chi connectivity index (χ4n) is 9.50. The van der Waals surface area contributed by atoms with Crippen LogP contribution in [0.1, 0.15) is 83.2 Å². The quantitative estimate of drug-likeness (QED) is 0.0986. The smallest absolute Gasteiger partial charge is 0.407 e. The zero-order valence-electron chi connectivity index (χ0n) is 36.3. The van der Waals surface area contributed by atoms with E-state index in [1.54, 1.807) is 7.11 Å². The van der Waals surface area contributed by atoms with Gasteiger partial charge >= 0.3 is 12.2 Å². The molecule has 2 saturated heterocycles. The number of ether oxygens (including phenoxy) is 4. The lowest BCUT2D eigenvalue weighted by molar-refractivity contribution is -0.137. The minimum Gasteiger partial charge on any atom is -0.488 e. The molecule has 3 amide bonds. The lowest BCUT2D eigenvalue weighted by Gasteiger charge is -2.32. The van der Waals surface area contributed by atoms with Crippen molar-refractivity contribution in [3.05, 3.63) is 65.9 Å². The zero-order chi connectivity index (χ0) is 43.1. The molecular weight excluding hydrogens is 777 g/mol. The fourth-order valence-corrected chi connectivity index (χ4v) is 9.50. The number of likely N-dealkylation sites (tertiary alicyclic amines) is 2. The van der Waals surface area contributed by atoms with E-state index in [1.165, 1.54) is 14.2 Å². The first-order chi connectivity index (χ1) is 29.4. The van der Waals surface area contributed by atoms with Crippen LogP contribution in [0.25, 0.3) is 44.2 Å². The van der Waals surface area contributed by atoms with Crippen molar-refractivity contribution in [1.29, 1.82) is 0 Å². The van der Waals surface area contributed by atoms with Gasteiger partial charge in [-0.05, 0) is 90.3 Å². The Labute approximate surface area is 356 Å². The molecule has 15 heteroatoms. The molecule has 0 saturated carbocycles. The SMILES string of the molecule is COC[C@H]1CC(c2ncc(-c3ccc4c(c3)COc3cc5c(ccc6nc([C@@H]7CC[C@H](C)N7C(=O)[C@@H](NC(=O)OC)C(C)C)[nH]c65)cc3-4)[nH]2)N(CC(NC(=O)OC)C(C)C)C1. The minimum atomic E-state index is -0.718. The van der Waals surface area contributed by atoms with Crippen LogP contribution in [0.3, 0.4) is 0 Å². The normalized spacial score (nSPS) is 21.0. The summed E-state index contributed by atoms with van der Waals surface area (Å²) < 4.78 is 21.8. The molecule has 6 atom stereocenters. The monoisotopic (exact) mass is 834 g/mol. The molecule has 8 rings (SSSR count). The number of aromatic amines is 2. The van der Waals surface area contributed by atoms with Crippen LogP contribution in [-0.4, -0.2) is 107 Å². The summed E-state index contributed by atoms with van der Waals surface area (Å²) in [5.74, 6) is 2.71. The van der Waals surface area contributed by atoms with Gasteiger partial charge in [0.2, 0.25) is 5.91 Å². The number of carbonyl (C=O) groups is 3. The second-order valence-corrected chi connectivity index (χ2v) is 17.6. The molecule has 0 radical (unpaired) electrons. The van der Waals surface area contributed by atoms with Crippen LogP contribution >= 0.6 is 0 Å². The number of methoxy groups -OCH3 is 3. The molecule has 0 spiro atoms. The summed E-state index contributed by atoms with van der Waals surface area (Å²) in [6.45, 7) is 12.7. The molecule has 0 bridgehead atoms. The maximum Gasteiger partial charge on any atom is 0.407 e. The number of nitrogens with zero attached hydrogens (tertiary/aromatic N) is 4. The molecule has 0 aliphatic carbocycles. The highest BCUT2D eigenvalue weighted by Gasteiger charge is 2.42. The Morgan fingerprint density at radius 2 is 1.69 bits per heavy atom. The van der Waals surface area contributed by atoms with Gasteiger partial charge in [0.15, 0.2) is 0 Å². The van der Waals surface area contributed by atoms with Crippen LogP contribution in [0, 0.1) is 17.8 Å². The molecule has 61 heavy (non-hydrogen) atoms. The van der Waals surface area contributed by atoms with Crippen LogP contribution < -0.4 is 15.4 Å². The van der Waals surface area contributed by atoms with E-state index in [4.69, 9.17) is 28.9 Å². The van der Waals surface area contributed by atoms with E-state index in [0.29, 0.717) is 25.7 Å². The molecule has 3 aromatic carbocycles. The molecule has 15 nitrogen and oxygen atoms in total. The maximum absolute atomic E-state index is 14.0. The second-order valence-electron chi connectivity index (χ2n) is 17.6. The summed E-state index contributed by atoms with van der Waals surface area (Å²) in [5, 5.41) is 7.80. The predicted octanol–water partition coefficient (Wildman–Crippen LogP) is 7.49. The topological polar surface area (TPSA) is 176 Å². The molecular formula is C46H58N8O7. The highest BCUT2D eigenvalue weighted by Crippen LogP contribution is 2.44. The number of imidazole rings is 2. The number of aromatic nitrogens is 4.